The lowest BCUT2D eigenvalue weighted by molar-refractivity contribution is -0.117. The summed E-state index contributed by atoms with van der Waals surface area (Å²) in [7, 11) is 0. The summed E-state index contributed by atoms with van der Waals surface area (Å²) >= 11 is 0. The van der Waals surface area contributed by atoms with Crippen molar-refractivity contribution in [3.63, 3.8) is 0 Å². The summed E-state index contributed by atoms with van der Waals surface area (Å²) in [6.07, 6.45) is 3.65. The summed E-state index contributed by atoms with van der Waals surface area (Å²) in [5.41, 5.74) is 1.26. The number of ether oxygens (including phenoxy) is 1. The highest BCUT2D eigenvalue weighted by Gasteiger charge is 2.51. The lowest BCUT2D eigenvalue weighted by Crippen LogP contribution is -2.24. The minimum absolute atomic E-state index is 0.0421. The van der Waals surface area contributed by atoms with Crippen LogP contribution < -0.4 is 0 Å². The van der Waals surface area contributed by atoms with Crippen LogP contribution in [0.2, 0.25) is 0 Å². The van der Waals surface area contributed by atoms with E-state index < -0.39 is 0 Å². The van der Waals surface area contributed by atoms with Crippen LogP contribution >= 0.6 is 0 Å². The summed E-state index contributed by atoms with van der Waals surface area (Å²) in [4.78, 5) is 11.5. The second-order valence-corrected chi connectivity index (χ2v) is 5.80. The first-order chi connectivity index (χ1) is 6.30. The Balaban J connectivity index is 2.17. The Hall–Kier alpha value is -0.630. The molecule has 0 amide bonds. The van der Waals surface area contributed by atoms with E-state index in [-0.39, 0.29) is 22.9 Å². The molecule has 1 saturated heterocycles. The fraction of sp³-hybridized carbons (Fsp3) is 0.750. The highest BCUT2D eigenvalue weighted by Crippen LogP contribution is 2.46. The van der Waals surface area contributed by atoms with Gasteiger partial charge in [-0.05, 0) is 37.3 Å². The number of hydrogen-bond acceptors (Lipinski definition) is 2. The summed E-state index contributed by atoms with van der Waals surface area (Å²) < 4.78 is 5.56. The van der Waals surface area contributed by atoms with Crippen LogP contribution in [0.5, 0.6) is 0 Å². The Morgan fingerprint density at radius 3 is 2.29 bits per heavy atom. The second-order valence-electron chi connectivity index (χ2n) is 5.80. The third-order valence-electron chi connectivity index (χ3n) is 3.01. The van der Waals surface area contributed by atoms with Crippen molar-refractivity contribution in [3.8, 4) is 0 Å². The molecule has 0 bridgehead atoms. The molecular weight excluding hydrogens is 176 g/mol. The van der Waals surface area contributed by atoms with Gasteiger partial charge in [0.1, 0.15) is 6.10 Å². The Bertz CT molecular complexity index is 310. The van der Waals surface area contributed by atoms with E-state index in [0.29, 0.717) is 6.42 Å². The summed E-state index contributed by atoms with van der Waals surface area (Å²) in [6.45, 7) is 8.44. The molecule has 0 saturated carbocycles. The first kappa shape index (κ1) is 9.91. The van der Waals surface area contributed by atoms with Gasteiger partial charge in [0.2, 0.25) is 0 Å². The molecule has 0 radical (unpaired) electrons. The van der Waals surface area contributed by atoms with E-state index in [1.165, 1.54) is 5.57 Å². The van der Waals surface area contributed by atoms with Gasteiger partial charge < -0.3 is 4.74 Å². The molecule has 0 aromatic rings. The first-order valence-electron chi connectivity index (χ1n) is 5.21. The lowest BCUT2D eigenvalue weighted by atomic mass is 9.75. The molecule has 2 aliphatic rings. The van der Waals surface area contributed by atoms with Gasteiger partial charge in [0.25, 0.3) is 0 Å². The minimum atomic E-state index is -0.0421. The van der Waals surface area contributed by atoms with Crippen molar-refractivity contribution in [2.45, 2.75) is 52.2 Å². The van der Waals surface area contributed by atoms with Crippen molar-refractivity contribution in [3.05, 3.63) is 11.6 Å². The summed E-state index contributed by atoms with van der Waals surface area (Å²) in [6, 6.07) is 0. The predicted molar refractivity (Wildman–Crippen MR) is 55.1 cm³/mol. The number of rotatable bonds is 1. The predicted octanol–water partition coefficient (Wildman–Crippen LogP) is 2.48. The van der Waals surface area contributed by atoms with Crippen molar-refractivity contribution < 1.29 is 9.53 Å². The van der Waals surface area contributed by atoms with Gasteiger partial charge in [-0.1, -0.05) is 13.8 Å². The van der Waals surface area contributed by atoms with Crippen molar-refractivity contribution in [1.29, 1.82) is 0 Å². The van der Waals surface area contributed by atoms with Gasteiger partial charge in [0.05, 0.1) is 5.60 Å². The van der Waals surface area contributed by atoms with E-state index in [0.717, 1.165) is 6.42 Å². The Kier molecular flexibility index (Phi) is 1.91. The number of ketones is 1. The number of epoxide rings is 1. The molecule has 2 nitrogen and oxygen atoms in total. The molecular formula is C12H18O2. The van der Waals surface area contributed by atoms with Crippen LogP contribution in [0.15, 0.2) is 11.6 Å². The van der Waals surface area contributed by atoms with Crippen molar-refractivity contribution >= 4 is 5.78 Å². The molecule has 1 aliphatic carbocycles. The zero-order valence-electron chi connectivity index (χ0n) is 9.39. The minimum Gasteiger partial charge on any atom is -0.362 e. The van der Waals surface area contributed by atoms with E-state index in [4.69, 9.17) is 4.74 Å². The van der Waals surface area contributed by atoms with Crippen LogP contribution in [0.1, 0.15) is 40.5 Å². The third kappa shape index (κ3) is 1.76. The molecule has 2 rings (SSSR count). The Morgan fingerprint density at radius 1 is 1.29 bits per heavy atom. The fourth-order valence-electron chi connectivity index (χ4n) is 2.36. The average molecular weight is 194 g/mol. The van der Waals surface area contributed by atoms with E-state index in [1.54, 1.807) is 6.08 Å². The maximum Gasteiger partial charge on any atom is 0.156 e. The maximum absolute atomic E-state index is 11.5. The van der Waals surface area contributed by atoms with Crippen LogP contribution in [0.4, 0.5) is 0 Å². The van der Waals surface area contributed by atoms with Crippen molar-refractivity contribution in [1.82, 2.24) is 0 Å². The molecule has 1 unspecified atom stereocenters. The molecule has 1 atom stereocenters. The number of allylic oxidation sites excluding steroid dienone is 1. The molecule has 0 spiro atoms. The van der Waals surface area contributed by atoms with Crippen molar-refractivity contribution in [2.24, 2.45) is 5.41 Å². The number of carbonyl (C=O) groups is 1. The first-order valence-corrected chi connectivity index (χ1v) is 5.21. The average Bonchev–Trinajstić information content (AvgIpc) is 2.55. The topological polar surface area (TPSA) is 29.6 Å². The van der Waals surface area contributed by atoms with E-state index in [2.05, 4.69) is 27.7 Å². The smallest absolute Gasteiger partial charge is 0.156 e. The Labute approximate surface area is 85.3 Å². The zero-order chi connectivity index (χ0) is 10.6. The van der Waals surface area contributed by atoms with Gasteiger partial charge >= 0.3 is 0 Å². The summed E-state index contributed by atoms with van der Waals surface area (Å²) in [5, 5.41) is 0. The molecule has 1 aliphatic heterocycles. The van der Waals surface area contributed by atoms with Crippen LogP contribution in [-0.4, -0.2) is 17.5 Å². The zero-order valence-corrected chi connectivity index (χ0v) is 9.39. The van der Waals surface area contributed by atoms with E-state index in [9.17, 15) is 4.79 Å². The van der Waals surface area contributed by atoms with Gasteiger partial charge in [0.15, 0.2) is 5.78 Å². The maximum atomic E-state index is 11.5. The SMILES string of the molecule is CC1(C)CC(=O)C=C(C2OC2(C)C)C1. The molecule has 1 heterocycles. The molecule has 78 valence electrons. The second kappa shape index (κ2) is 2.69. The van der Waals surface area contributed by atoms with E-state index in [1.807, 2.05) is 0 Å². The van der Waals surface area contributed by atoms with Crippen LogP contribution in [-0.2, 0) is 9.53 Å². The van der Waals surface area contributed by atoms with Crippen molar-refractivity contribution in [2.75, 3.05) is 0 Å². The molecule has 0 aromatic carbocycles. The van der Waals surface area contributed by atoms with Gasteiger partial charge in [-0.2, -0.15) is 0 Å². The van der Waals surface area contributed by atoms with E-state index >= 15 is 0 Å². The molecule has 0 aromatic heterocycles. The summed E-state index contributed by atoms with van der Waals surface area (Å²) in [5.74, 6) is 0.252. The largest absolute Gasteiger partial charge is 0.362 e. The lowest BCUT2D eigenvalue weighted by Gasteiger charge is -2.28. The monoisotopic (exact) mass is 194 g/mol. The van der Waals surface area contributed by atoms with Crippen LogP contribution in [0.25, 0.3) is 0 Å². The number of hydrogen-bond donors (Lipinski definition) is 0. The molecule has 2 heteroatoms. The third-order valence-corrected chi connectivity index (χ3v) is 3.01. The Morgan fingerprint density at radius 2 is 1.86 bits per heavy atom. The van der Waals surface area contributed by atoms with Gasteiger partial charge in [-0.15, -0.1) is 0 Å². The molecule has 0 N–H and O–H groups in total. The fourth-order valence-corrected chi connectivity index (χ4v) is 2.36. The quantitative estimate of drug-likeness (QED) is 0.600. The highest BCUT2D eigenvalue weighted by atomic mass is 16.6. The van der Waals surface area contributed by atoms with Crippen LogP contribution in [0.3, 0.4) is 0 Å². The molecule has 1 fully saturated rings. The highest BCUT2D eigenvalue weighted by molar-refractivity contribution is 5.92. The van der Waals surface area contributed by atoms with Gasteiger partial charge in [-0.25, -0.2) is 0 Å². The standard InChI is InChI=1S/C12H18O2/c1-11(2)6-8(5-9(13)7-11)10-12(3,4)14-10/h5,10H,6-7H2,1-4H3. The van der Waals surface area contributed by atoms with Crippen LogP contribution in [0, 0.1) is 5.41 Å². The molecule has 14 heavy (non-hydrogen) atoms. The number of carbonyl (C=O) groups excluding carboxylic acids is 1. The normalized spacial score (nSPS) is 33.9. The van der Waals surface area contributed by atoms with Gasteiger partial charge in [0, 0.05) is 6.42 Å². The van der Waals surface area contributed by atoms with Gasteiger partial charge in [-0.3, -0.25) is 4.79 Å².